The molecule has 1 fully saturated rings. The summed E-state index contributed by atoms with van der Waals surface area (Å²) in [5.74, 6) is 0.422. The molecule has 0 radical (unpaired) electrons. The van der Waals surface area contributed by atoms with Gasteiger partial charge < -0.3 is 14.8 Å². The Morgan fingerprint density at radius 2 is 2.09 bits per heavy atom. The highest BCUT2D eigenvalue weighted by molar-refractivity contribution is 5.89. The maximum absolute atomic E-state index is 11.6. The van der Waals surface area contributed by atoms with Crippen molar-refractivity contribution in [2.75, 3.05) is 13.7 Å². The molecule has 0 aromatic heterocycles. The molecule has 1 saturated carbocycles. The van der Waals surface area contributed by atoms with Gasteiger partial charge in [0.25, 0.3) is 5.91 Å². The van der Waals surface area contributed by atoms with Gasteiger partial charge in [-0.2, -0.15) is 0 Å². The number of carbonyl (C=O) groups excluding carboxylic acids is 2. The first-order chi connectivity index (χ1) is 10.6. The Labute approximate surface area is 130 Å². The number of ether oxygens (including phenoxy) is 2. The van der Waals surface area contributed by atoms with Crippen LogP contribution in [0.1, 0.15) is 25.3 Å². The first-order valence-corrected chi connectivity index (χ1v) is 7.37. The second-order valence-corrected chi connectivity index (χ2v) is 5.38. The lowest BCUT2D eigenvalue weighted by atomic mass is 10.2. The maximum Gasteiger partial charge on any atom is 0.331 e. The van der Waals surface area contributed by atoms with E-state index in [-0.39, 0.29) is 18.6 Å². The van der Waals surface area contributed by atoms with Crippen molar-refractivity contribution in [1.29, 1.82) is 0 Å². The van der Waals surface area contributed by atoms with Gasteiger partial charge in [-0.05, 0) is 37.8 Å². The quantitative estimate of drug-likeness (QED) is 0.619. The molecular formula is C17H21NO4. The van der Waals surface area contributed by atoms with Crippen molar-refractivity contribution in [2.45, 2.75) is 25.8 Å². The molecule has 118 valence electrons. The predicted octanol–water partition coefficient (Wildman–Crippen LogP) is 2.17. The molecule has 1 amide bonds. The molecule has 1 aromatic carbocycles. The third-order valence-corrected chi connectivity index (χ3v) is 3.60. The summed E-state index contributed by atoms with van der Waals surface area (Å²) in [6.07, 6.45) is 5.20. The lowest BCUT2D eigenvalue weighted by molar-refractivity contribution is -0.144. The second kappa shape index (κ2) is 7.64. The van der Waals surface area contributed by atoms with Gasteiger partial charge >= 0.3 is 5.97 Å². The predicted molar refractivity (Wildman–Crippen MR) is 83.3 cm³/mol. The Morgan fingerprint density at radius 3 is 2.77 bits per heavy atom. The van der Waals surface area contributed by atoms with Crippen LogP contribution >= 0.6 is 0 Å². The number of carbonyl (C=O) groups is 2. The molecule has 0 saturated heterocycles. The summed E-state index contributed by atoms with van der Waals surface area (Å²) in [7, 11) is 1.57. The third-order valence-electron chi connectivity index (χ3n) is 3.60. The van der Waals surface area contributed by atoms with Crippen molar-refractivity contribution in [1.82, 2.24) is 5.32 Å². The minimum Gasteiger partial charge on any atom is -0.496 e. The molecule has 2 rings (SSSR count). The maximum atomic E-state index is 11.6. The van der Waals surface area contributed by atoms with E-state index in [1.54, 1.807) is 19.3 Å². The van der Waals surface area contributed by atoms with E-state index >= 15 is 0 Å². The number of methoxy groups -OCH3 is 1. The summed E-state index contributed by atoms with van der Waals surface area (Å²) < 4.78 is 10.1. The lowest BCUT2D eigenvalue weighted by Gasteiger charge is -2.12. The Kier molecular flexibility index (Phi) is 5.58. The van der Waals surface area contributed by atoms with E-state index < -0.39 is 5.97 Å². The number of rotatable bonds is 7. The van der Waals surface area contributed by atoms with Crippen molar-refractivity contribution in [3.63, 3.8) is 0 Å². The van der Waals surface area contributed by atoms with Crippen LogP contribution in [0.2, 0.25) is 0 Å². The Bertz CT molecular complexity index is 564. The smallest absolute Gasteiger partial charge is 0.331 e. The molecule has 1 N–H and O–H groups in total. The lowest BCUT2D eigenvalue weighted by Crippen LogP contribution is -2.36. The summed E-state index contributed by atoms with van der Waals surface area (Å²) in [5, 5.41) is 2.83. The Morgan fingerprint density at radius 1 is 1.36 bits per heavy atom. The number of hydrogen-bond donors (Lipinski definition) is 1. The highest BCUT2D eigenvalue weighted by atomic mass is 16.5. The molecule has 1 aromatic rings. The van der Waals surface area contributed by atoms with Crippen molar-refractivity contribution in [3.8, 4) is 5.75 Å². The van der Waals surface area contributed by atoms with Crippen LogP contribution in [0, 0.1) is 5.92 Å². The van der Waals surface area contributed by atoms with Gasteiger partial charge in [0.05, 0.1) is 7.11 Å². The van der Waals surface area contributed by atoms with Crippen LogP contribution in [0.25, 0.3) is 6.08 Å². The molecule has 0 aliphatic heterocycles. The standard InChI is InChI=1S/C17H21NO4/c1-12(13-7-8-13)18-16(19)11-22-17(20)10-9-14-5-3-4-6-15(14)21-2/h3-6,9-10,12-13H,7-8,11H2,1-2H3,(H,18,19)/b10-9+/t12-/m1/s1. The van der Waals surface area contributed by atoms with Gasteiger partial charge in [-0.25, -0.2) is 4.79 Å². The molecule has 0 bridgehead atoms. The monoisotopic (exact) mass is 303 g/mol. The van der Waals surface area contributed by atoms with E-state index in [4.69, 9.17) is 9.47 Å². The zero-order valence-corrected chi connectivity index (χ0v) is 12.9. The number of amides is 1. The molecule has 0 unspecified atom stereocenters. The van der Waals surface area contributed by atoms with E-state index in [0.717, 1.165) is 18.4 Å². The normalized spacial score (nSPS) is 15.4. The largest absolute Gasteiger partial charge is 0.496 e. The highest BCUT2D eigenvalue weighted by Gasteiger charge is 2.28. The van der Waals surface area contributed by atoms with Crippen LogP contribution in [-0.4, -0.2) is 31.6 Å². The zero-order chi connectivity index (χ0) is 15.9. The molecule has 1 aliphatic carbocycles. The van der Waals surface area contributed by atoms with Gasteiger partial charge in [0.2, 0.25) is 0 Å². The average Bonchev–Trinajstić information content (AvgIpc) is 3.36. The Balaban J connectivity index is 1.77. The fourth-order valence-corrected chi connectivity index (χ4v) is 2.16. The molecule has 0 spiro atoms. The minimum absolute atomic E-state index is 0.148. The summed E-state index contributed by atoms with van der Waals surface area (Å²) in [6.45, 7) is 1.71. The van der Waals surface area contributed by atoms with Crippen LogP contribution in [-0.2, 0) is 14.3 Å². The van der Waals surface area contributed by atoms with Gasteiger partial charge in [0, 0.05) is 17.7 Å². The van der Waals surface area contributed by atoms with Crippen molar-refractivity contribution in [3.05, 3.63) is 35.9 Å². The van der Waals surface area contributed by atoms with Gasteiger partial charge in [-0.1, -0.05) is 18.2 Å². The van der Waals surface area contributed by atoms with Crippen LogP contribution in [0.5, 0.6) is 5.75 Å². The van der Waals surface area contributed by atoms with Crippen LogP contribution < -0.4 is 10.1 Å². The van der Waals surface area contributed by atoms with E-state index in [9.17, 15) is 9.59 Å². The first-order valence-electron chi connectivity index (χ1n) is 7.37. The SMILES string of the molecule is COc1ccccc1/C=C/C(=O)OCC(=O)N[C@H](C)C1CC1. The number of para-hydroxylation sites is 1. The first kappa shape index (κ1) is 16.1. The molecular weight excluding hydrogens is 282 g/mol. The van der Waals surface area contributed by atoms with Gasteiger partial charge in [0.1, 0.15) is 5.75 Å². The average molecular weight is 303 g/mol. The molecule has 1 atom stereocenters. The molecule has 1 aliphatic rings. The number of hydrogen-bond acceptors (Lipinski definition) is 4. The fourth-order valence-electron chi connectivity index (χ4n) is 2.16. The van der Waals surface area contributed by atoms with Gasteiger partial charge in [0.15, 0.2) is 6.61 Å². The van der Waals surface area contributed by atoms with Crippen LogP contribution in [0.15, 0.2) is 30.3 Å². The number of benzene rings is 1. The van der Waals surface area contributed by atoms with Gasteiger partial charge in [-0.15, -0.1) is 0 Å². The molecule has 22 heavy (non-hydrogen) atoms. The second-order valence-electron chi connectivity index (χ2n) is 5.38. The van der Waals surface area contributed by atoms with Crippen molar-refractivity contribution in [2.24, 2.45) is 5.92 Å². The molecule has 5 nitrogen and oxygen atoms in total. The number of esters is 1. The topological polar surface area (TPSA) is 64.6 Å². The summed E-state index contributed by atoms with van der Waals surface area (Å²) in [6, 6.07) is 7.47. The van der Waals surface area contributed by atoms with E-state index in [0.29, 0.717) is 11.7 Å². The van der Waals surface area contributed by atoms with E-state index in [2.05, 4.69) is 5.32 Å². The summed E-state index contributed by atoms with van der Waals surface area (Å²) in [4.78, 5) is 23.3. The van der Waals surface area contributed by atoms with Gasteiger partial charge in [-0.3, -0.25) is 4.79 Å². The fraction of sp³-hybridized carbons (Fsp3) is 0.412. The summed E-state index contributed by atoms with van der Waals surface area (Å²) >= 11 is 0. The van der Waals surface area contributed by atoms with E-state index in [1.165, 1.54) is 6.08 Å². The number of nitrogens with one attached hydrogen (secondary N) is 1. The van der Waals surface area contributed by atoms with Crippen molar-refractivity contribution >= 4 is 18.0 Å². The van der Waals surface area contributed by atoms with E-state index in [1.807, 2.05) is 25.1 Å². The van der Waals surface area contributed by atoms with Crippen molar-refractivity contribution < 1.29 is 19.1 Å². The van der Waals surface area contributed by atoms with Crippen LogP contribution in [0.4, 0.5) is 0 Å². The molecule has 5 heteroatoms. The zero-order valence-electron chi connectivity index (χ0n) is 12.9. The Hall–Kier alpha value is -2.30. The molecule has 0 heterocycles. The third kappa shape index (κ3) is 4.91. The van der Waals surface area contributed by atoms with Crippen LogP contribution in [0.3, 0.4) is 0 Å². The highest BCUT2D eigenvalue weighted by Crippen LogP contribution is 2.32. The summed E-state index contributed by atoms with van der Waals surface area (Å²) in [5.41, 5.74) is 0.772. The minimum atomic E-state index is -0.555.